The third-order valence-corrected chi connectivity index (χ3v) is 3.37. The molecular formula is C17H20N2O2. The normalized spacial score (nSPS) is 13.4. The molecule has 1 aromatic carbocycles. The van der Waals surface area contributed by atoms with Crippen LogP contribution in [0.5, 0.6) is 5.75 Å². The maximum atomic E-state index is 8.49. The highest BCUT2D eigenvalue weighted by Gasteiger charge is 2.13. The molecule has 2 unspecified atom stereocenters. The Morgan fingerprint density at radius 1 is 1.14 bits per heavy atom. The van der Waals surface area contributed by atoms with E-state index in [1.165, 1.54) is 0 Å². The molecule has 0 aliphatic rings. The van der Waals surface area contributed by atoms with E-state index in [4.69, 9.17) is 14.4 Å². The van der Waals surface area contributed by atoms with Gasteiger partial charge in [-0.05, 0) is 50.6 Å². The average Bonchev–Trinajstić information content (AvgIpc) is 2.92. The molecule has 4 nitrogen and oxygen atoms in total. The van der Waals surface area contributed by atoms with Gasteiger partial charge in [0.15, 0.2) is 6.61 Å². The lowest BCUT2D eigenvalue weighted by Crippen LogP contribution is -2.22. The van der Waals surface area contributed by atoms with Gasteiger partial charge in [0.05, 0.1) is 6.04 Å². The summed E-state index contributed by atoms with van der Waals surface area (Å²) in [5.74, 6) is 2.57. The highest BCUT2D eigenvalue weighted by Crippen LogP contribution is 2.22. The van der Waals surface area contributed by atoms with Gasteiger partial charge in [0.25, 0.3) is 0 Å². The molecule has 2 atom stereocenters. The third-order valence-electron chi connectivity index (χ3n) is 3.37. The molecule has 0 saturated heterocycles. The molecule has 2 rings (SSSR count). The molecule has 21 heavy (non-hydrogen) atoms. The van der Waals surface area contributed by atoms with E-state index in [0.29, 0.717) is 5.75 Å². The van der Waals surface area contributed by atoms with Crippen LogP contribution in [0.25, 0.3) is 0 Å². The van der Waals surface area contributed by atoms with Crippen molar-refractivity contribution in [2.45, 2.75) is 32.9 Å². The molecule has 0 bridgehead atoms. The summed E-state index contributed by atoms with van der Waals surface area (Å²) in [6.45, 7) is 6.21. The first-order valence-corrected chi connectivity index (χ1v) is 7.02. The quantitative estimate of drug-likeness (QED) is 0.874. The van der Waals surface area contributed by atoms with Crippen molar-refractivity contribution in [2.75, 3.05) is 6.61 Å². The van der Waals surface area contributed by atoms with E-state index in [2.05, 4.69) is 19.2 Å². The summed E-state index contributed by atoms with van der Waals surface area (Å²) in [5.41, 5.74) is 1.16. The van der Waals surface area contributed by atoms with Gasteiger partial charge in [0.1, 0.15) is 23.3 Å². The second-order valence-corrected chi connectivity index (χ2v) is 5.07. The summed E-state index contributed by atoms with van der Waals surface area (Å²) in [6, 6.07) is 14.0. The van der Waals surface area contributed by atoms with Gasteiger partial charge in [-0.1, -0.05) is 12.1 Å². The summed E-state index contributed by atoms with van der Waals surface area (Å²) < 4.78 is 10.9. The van der Waals surface area contributed by atoms with Crippen LogP contribution in [-0.2, 0) is 0 Å². The lowest BCUT2D eigenvalue weighted by molar-refractivity contribution is 0.367. The van der Waals surface area contributed by atoms with E-state index in [-0.39, 0.29) is 18.7 Å². The number of nitrogens with one attached hydrogen (secondary N) is 1. The van der Waals surface area contributed by atoms with Crippen molar-refractivity contribution in [3.63, 3.8) is 0 Å². The molecule has 0 aliphatic carbocycles. The fraction of sp³-hybridized carbons (Fsp3) is 0.353. The monoisotopic (exact) mass is 284 g/mol. The number of nitriles is 1. The molecule has 4 heteroatoms. The fourth-order valence-corrected chi connectivity index (χ4v) is 2.21. The second-order valence-electron chi connectivity index (χ2n) is 5.07. The van der Waals surface area contributed by atoms with E-state index < -0.39 is 0 Å². The molecule has 1 N–H and O–H groups in total. The predicted octanol–water partition coefficient (Wildman–Crippen LogP) is 3.90. The minimum absolute atomic E-state index is 0.0715. The van der Waals surface area contributed by atoms with Crippen molar-refractivity contribution >= 4 is 0 Å². The molecule has 0 fully saturated rings. The predicted molar refractivity (Wildman–Crippen MR) is 81.0 cm³/mol. The van der Waals surface area contributed by atoms with Crippen molar-refractivity contribution in [3.8, 4) is 11.8 Å². The summed E-state index contributed by atoms with van der Waals surface area (Å²) in [6.07, 6.45) is 0. The van der Waals surface area contributed by atoms with E-state index >= 15 is 0 Å². The molecule has 0 spiro atoms. The first kappa shape index (κ1) is 15.1. The van der Waals surface area contributed by atoms with Crippen molar-refractivity contribution in [1.29, 1.82) is 5.26 Å². The number of rotatable bonds is 6. The molecule has 0 amide bonds. The number of benzene rings is 1. The maximum absolute atomic E-state index is 8.49. The third kappa shape index (κ3) is 4.11. The SMILES string of the molecule is Cc1ccc(C(C)NC(C)c2ccc(OCC#N)cc2)o1. The first-order chi connectivity index (χ1) is 10.1. The molecule has 2 aromatic rings. The molecule has 0 aliphatic heterocycles. The van der Waals surface area contributed by atoms with Crippen LogP contribution in [0.1, 0.15) is 43.0 Å². The standard InChI is InChI=1S/C17H20N2O2/c1-12-4-9-17(21-12)14(3)19-13(2)15-5-7-16(8-6-15)20-11-10-18/h4-9,13-14,19H,11H2,1-3H3. The Hall–Kier alpha value is -2.25. The summed E-state index contributed by atoms with van der Waals surface area (Å²) in [4.78, 5) is 0. The summed E-state index contributed by atoms with van der Waals surface area (Å²) >= 11 is 0. The van der Waals surface area contributed by atoms with Crippen LogP contribution in [0, 0.1) is 18.3 Å². The number of hydrogen-bond donors (Lipinski definition) is 1. The van der Waals surface area contributed by atoms with Gasteiger partial charge in [0, 0.05) is 6.04 Å². The highest BCUT2D eigenvalue weighted by atomic mass is 16.5. The van der Waals surface area contributed by atoms with E-state index in [1.807, 2.05) is 49.4 Å². The number of aryl methyl sites for hydroxylation is 1. The Balaban J connectivity index is 1.96. The minimum Gasteiger partial charge on any atom is -0.479 e. The lowest BCUT2D eigenvalue weighted by Gasteiger charge is -2.19. The van der Waals surface area contributed by atoms with Gasteiger partial charge in [-0.2, -0.15) is 5.26 Å². The van der Waals surface area contributed by atoms with Crippen molar-refractivity contribution < 1.29 is 9.15 Å². The Kier molecular flexibility index (Phi) is 5.02. The minimum atomic E-state index is 0.0715. The zero-order chi connectivity index (χ0) is 15.2. The average molecular weight is 284 g/mol. The molecule has 1 heterocycles. The highest BCUT2D eigenvalue weighted by molar-refractivity contribution is 5.29. The van der Waals surface area contributed by atoms with Crippen LogP contribution in [-0.4, -0.2) is 6.61 Å². The zero-order valence-corrected chi connectivity index (χ0v) is 12.6. The largest absolute Gasteiger partial charge is 0.479 e. The van der Waals surface area contributed by atoms with Crippen LogP contribution < -0.4 is 10.1 Å². The van der Waals surface area contributed by atoms with E-state index in [0.717, 1.165) is 17.1 Å². The lowest BCUT2D eigenvalue weighted by atomic mass is 10.1. The van der Waals surface area contributed by atoms with Gasteiger partial charge in [-0.25, -0.2) is 0 Å². The van der Waals surface area contributed by atoms with Crippen LogP contribution in [0.4, 0.5) is 0 Å². The van der Waals surface area contributed by atoms with Gasteiger partial charge in [-0.15, -0.1) is 0 Å². The summed E-state index contributed by atoms with van der Waals surface area (Å²) in [7, 11) is 0. The van der Waals surface area contributed by atoms with Gasteiger partial charge in [0.2, 0.25) is 0 Å². The van der Waals surface area contributed by atoms with Gasteiger partial charge < -0.3 is 14.5 Å². The molecule has 0 saturated carbocycles. The Morgan fingerprint density at radius 3 is 2.43 bits per heavy atom. The van der Waals surface area contributed by atoms with Crippen LogP contribution in [0.2, 0.25) is 0 Å². The summed E-state index contributed by atoms with van der Waals surface area (Å²) in [5, 5.41) is 12.0. The Morgan fingerprint density at radius 2 is 1.86 bits per heavy atom. The van der Waals surface area contributed by atoms with E-state index in [9.17, 15) is 0 Å². The zero-order valence-electron chi connectivity index (χ0n) is 12.6. The van der Waals surface area contributed by atoms with Gasteiger partial charge >= 0.3 is 0 Å². The number of nitrogens with zero attached hydrogens (tertiary/aromatic N) is 1. The fourth-order valence-electron chi connectivity index (χ4n) is 2.21. The number of furan rings is 1. The first-order valence-electron chi connectivity index (χ1n) is 7.02. The van der Waals surface area contributed by atoms with Crippen LogP contribution in [0.15, 0.2) is 40.8 Å². The molecule has 0 radical (unpaired) electrons. The second kappa shape index (κ2) is 6.96. The smallest absolute Gasteiger partial charge is 0.174 e. The maximum Gasteiger partial charge on any atom is 0.174 e. The number of hydrogen-bond acceptors (Lipinski definition) is 4. The molecule has 1 aromatic heterocycles. The molecule has 110 valence electrons. The number of ether oxygens (including phenoxy) is 1. The Bertz CT molecular complexity index is 610. The Labute approximate surface area is 125 Å². The van der Waals surface area contributed by atoms with Gasteiger partial charge in [-0.3, -0.25) is 0 Å². The van der Waals surface area contributed by atoms with Crippen molar-refractivity contribution in [1.82, 2.24) is 5.32 Å². The van der Waals surface area contributed by atoms with E-state index in [1.54, 1.807) is 0 Å². The topological polar surface area (TPSA) is 58.2 Å². The van der Waals surface area contributed by atoms with Crippen molar-refractivity contribution in [2.24, 2.45) is 0 Å². The van der Waals surface area contributed by atoms with Crippen LogP contribution >= 0.6 is 0 Å². The molecular weight excluding hydrogens is 264 g/mol. The van der Waals surface area contributed by atoms with Crippen molar-refractivity contribution in [3.05, 3.63) is 53.5 Å². The van der Waals surface area contributed by atoms with Crippen LogP contribution in [0.3, 0.4) is 0 Å².